The summed E-state index contributed by atoms with van der Waals surface area (Å²) in [5.74, 6) is -1.75. The maximum atomic E-state index is 13.5. The second-order valence-corrected chi connectivity index (χ2v) is 10.4. The zero-order chi connectivity index (χ0) is 33.6. The van der Waals surface area contributed by atoms with Crippen molar-refractivity contribution in [2.24, 2.45) is 0 Å². The zero-order valence-corrected chi connectivity index (χ0v) is 24.8. The molecule has 5 rings (SSSR count). The summed E-state index contributed by atoms with van der Waals surface area (Å²) in [6.07, 6.45) is -5.23. The van der Waals surface area contributed by atoms with Crippen LogP contribution in [0.5, 0.6) is 5.75 Å². The largest absolute Gasteiger partial charge is 0.497 e. The lowest BCUT2D eigenvalue weighted by atomic mass is 10.0. The number of carboxylic acids is 1. The van der Waals surface area contributed by atoms with E-state index in [-0.39, 0.29) is 29.1 Å². The number of nitrogens with one attached hydrogen (secondary N) is 1. The highest BCUT2D eigenvalue weighted by molar-refractivity contribution is 5.97. The molecule has 47 heavy (non-hydrogen) atoms. The highest BCUT2D eigenvalue weighted by atomic mass is 19.4. The van der Waals surface area contributed by atoms with Gasteiger partial charge in [0.15, 0.2) is 0 Å². The Bertz CT molecular complexity index is 1880. The second kappa shape index (κ2) is 14.0. The van der Waals surface area contributed by atoms with Gasteiger partial charge in [-0.2, -0.15) is 18.2 Å². The molecule has 5 aromatic rings. The third-order valence-electron chi connectivity index (χ3n) is 7.03. The normalized spacial score (nSPS) is 11.1. The summed E-state index contributed by atoms with van der Waals surface area (Å²) in [5, 5.41) is 16.0. The number of rotatable bonds is 11. The molecular formula is C34H27F3N4O6. The Balaban J connectivity index is 1.24. The van der Waals surface area contributed by atoms with Crippen LogP contribution in [0.2, 0.25) is 0 Å². The Morgan fingerprint density at radius 2 is 1.62 bits per heavy atom. The van der Waals surface area contributed by atoms with Crippen LogP contribution < -0.4 is 10.1 Å². The molecule has 0 spiro atoms. The summed E-state index contributed by atoms with van der Waals surface area (Å²) in [6.45, 7) is -0.598. The van der Waals surface area contributed by atoms with Crippen molar-refractivity contribution in [3.8, 4) is 28.6 Å². The summed E-state index contributed by atoms with van der Waals surface area (Å²) in [5.41, 5.74) is 1.26. The topological polar surface area (TPSA) is 135 Å². The Morgan fingerprint density at radius 1 is 0.915 bits per heavy atom. The number of hydrogen-bond donors (Lipinski definition) is 2. The van der Waals surface area contributed by atoms with E-state index in [1.807, 2.05) is 30.3 Å². The third-order valence-corrected chi connectivity index (χ3v) is 7.03. The van der Waals surface area contributed by atoms with E-state index in [4.69, 9.17) is 9.26 Å². The van der Waals surface area contributed by atoms with Crippen molar-refractivity contribution < 1.29 is 41.9 Å². The van der Waals surface area contributed by atoms with Crippen molar-refractivity contribution >= 4 is 23.5 Å². The van der Waals surface area contributed by atoms with E-state index < -0.39 is 42.5 Å². The van der Waals surface area contributed by atoms with Crippen molar-refractivity contribution in [2.45, 2.75) is 19.1 Å². The average molecular weight is 645 g/mol. The summed E-state index contributed by atoms with van der Waals surface area (Å²) in [6, 6.07) is 25.2. The van der Waals surface area contributed by atoms with Gasteiger partial charge in [-0.3, -0.25) is 14.4 Å². The van der Waals surface area contributed by atoms with E-state index in [9.17, 15) is 32.7 Å². The zero-order valence-electron chi connectivity index (χ0n) is 24.8. The van der Waals surface area contributed by atoms with E-state index in [0.29, 0.717) is 22.8 Å². The summed E-state index contributed by atoms with van der Waals surface area (Å²) in [4.78, 5) is 43.0. The Morgan fingerprint density at radius 3 is 2.26 bits per heavy atom. The highest BCUT2D eigenvalue weighted by Gasteiger charge is 2.34. The van der Waals surface area contributed by atoms with Crippen molar-refractivity contribution in [3.05, 3.63) is 119 Å². The molecule has 0 saturated carbocycles. The maximum Gasteiger partial charge on any atom is 0.416 e. The predicted octanol–water partition coefficient (Wildman–Crippen LogP) is 6.34. The number of ether oxygens (including phenoxy) is 1. The van der Waals surface area contributed by atoms with Gasteiger partial charge in [0.05, 0.1) is 19.1 Å². The van der Waals surface area contributed by atoms with Crippen LogP contribution in [0.4, 0.5) is 18.9 Å². The number of aliphatic carboxylic acids is 1. The van der Waals surface area contributed by atoms with Crippen molar-refractivity contribution in [2.75, 3.05) is 19.0 Å². The molecule has 0 unspecified atom stereocenters. The molecule has 0 aliphatic carbocycles. The standard InChI is InChI=1S/C34H27F3N4O6/c1-46-27-16-13-25(28(18-27)34(35,36)37)17-29(42)38-26-14-11-24(12-15-26)33(45)41(20-30(43)44)19-21-7-9-23(10-8-21)32-39-31(40-47-32)22-5-3-2-4-6-22/h2-16,18H,17,19-20H2,1H3,(H,38,42)(H,43,44). The number of carboxylic acid groups (broad SMARTS) is 1. The van der Waals surface area contributed by atoms with Crippen LogP contribution in [-0.2, 0) is 28.7 Å². The van der Waals surface area contributed by atoms with Gasteiger partial charge >= 0.3 is 12.1 Å². The molecule has 1 heterocycles. The second-order valence-electron chi connectivity index (χ2n) is 10.4. The van der Waals surface area contributed by atoms with Crippen molar-refractivity contribution in [1.29, 1.82) is 0 Å². The molecule has 1 aromatic heterocycles. The number of anilines is 1. The lowest BCUT2D eigenvalue weighted by Gasteiger charge is -2.21. The minimum absolute atomic E-state index is 0.0112. The lowest BCUT2D eigenvalue weighted by molar-refractivity contribution is -0.139. The molecule has 13 heteroatoms. The van der Waals surface area contributed by atoms with Gasteiger partial charge in [0, 0.05) is 28.9 Å². The van der Waals surface area contributed by atoms with Crippen LogP contribution in [0, 0.1) is 0 Å². The first-order valence-electron chi connectivity index (χ1n) is 14.1. The number of carbonyl (C=O) groups is 3. The molecule has 10 nitrogen and oxygen atoms in total. The highest BCUT2D eigenvalue weighted by Crippen LogP contribution is 2.35. The van der Waals surface area contributed by atoms with E-state index in [1.165, 1.54) is 43.5 Å². The quantitative estimate of drug-likeness (QED) is 0.170. The number of benzene rings is 4. The van der Waals surface area contributed by atoms with Gasteiger partial charge in [-0.25, -0.2) is 0 Å². The molecule has 240 valence electrons. The fraction of sp³-hybridized carbons (Fsp3) is 0.147. The van der Waals surface area contributed by atoms with Gasteiger partial charge < -0.3 is 24.6 Å². The van der Waals surface area contributed by atoms with Crippen LogP contribution in [0.15, 0.2) is 102 Å². The molecule has 0 atom stereocenters. The molecule has 0 fully saturated rings. The number of aromatic nitrogens is 2. The van der Waals surface area contributed by atoms with Gasteiger partial charge in [0.2, 0.25) is 11.7 Å². The Kier molecular flexibility index (Phi) is 9.64. The molecule has 4 aromatic carbocycles. The summed E-state index contributed by atoms with van der Waals surface area (Å²) >= 11 is 0. The van der Waals surface area contributed by atoms with E-state index >= 15 is 0 Å². The van der Waals surface area contributed by atoms with Gasteiger partial charge in [0.1, 0.15) is 12.3 Å². The first-order valence-corrected chi connectivity index (χ1v) is 14.1. The van der Waals surface area contributed by atoms with Crippen LogP contribution in [-0.4, -0.2) is 51.6 Å². The number of methoxy groups -OCH3 is 1. The maximum absolute atomic E-state index is 13.5. The third kappa shape index (κ3) is 8.19. The number of nitrogens with zero attached hydrogens (tertiary/aromatic N) is 3. The molecule has 0 bridgehead atoms. The van der Waals surface area contributed by atoms with Crippen LogP contribution in [0.1, 0.15) is 27.0 Å². The molecule has 0 aliphatic heterocycles. The van der Waals surface area contributed by atoms with Gasteiger partial charge in [-0.05, 0) is 59.7 Å². The number of carbonyl (C=O) groups excluding carboxylic acids is 2. The van der Waals surface area contributed by atoms with E-state index in [0.717, 1.165) is 16.5 Å². The predicted molar refractivity (Wildman–Crippen MR) is 164 cm³/mol. The molecule has 2 N–H and O–H groups in total. The molecular weight excluding hydrogens is 617 g/mol. The van der Waals surface area contributed by atoms with Gasteiger partial charge in [0.25, 0.3) is 11.8 Å². The Hall–Kier alpha value is -5.98. The van der Waals surface area contributed by atoms with Crippen LogP contribution in [0.3, 0.4) is 0 Å². The van der Waals surface area contributed by atoms with Crippen molar-refractivity contribution in [3.63, 3.8) is 0 Å². The lowest BCUT2D eigenvalue weighted by Crippen LogP contribution is -2.35. The molecule has 0 aliphatic rings. The van der Waals surface area contributed by atoms with Crippen LogP contribution in [0.25, 0.3) is 22.8 Å². The fourth-order valence-corrected chi connectivity index (χ4v) is 4.74. The minimum atomic E-state index is -4.68. The Labute approximate surface area is 266 Å². The number of alkyl halides is 3. The number of halogens is 3. The molecule has 0 radical (unpaired) electrons. The summed E-state index contributed by atoms with van der Waals surface area (Å²) in [7, 11) is 1.24. The molecule has 2 amide bonds. The van der Waals surface area contributed by atoms with Gasteiger partial charge in [-0.1, -0.05) is 53.7 Å². The average Bonchev–Trinajstić information content (AvgIpc) is 3.55. The van der Waals surface area contributed by atoms with Gasteiger partial charge in [-0.15, -0.1) is 0 Å². The first-order chi connectivity index (χ1) is 22.5. The monoisotopic (exact) mass is 644 g/mol. The smallest absolute Gasteiger partial charge is 0.416 e. The van der Waals surface area contributed by atoms with E-state index in [2.05, 4.69) is 15.5 Å². The SMILES string of the molecule is COc1ccc(CC(=O)Nc2ccc(C(=O)N(CC(=O)O)Cc3ccc(-c4nc(-c5ccccc5)no4)cc3)cc2)c(C(F)(F)F)c1. The van der Waals surface area contributed by atoms with E-state index in [1.54, 1.807) is 24.3 Å². The fourth-order valence-electron chi connectivity index (χ4n) is 4.74. The van der Waals surface area contributed by atoms with Crippen LogP contribution >= 0.6 is 0 Å². The molecule has 0 saturated heterocycles. The summed E-state index contributed by atoms with van der Waals surface area (Å²) < 4.78 is 50.8. The number of amides is 2. The number of hydrogen-bond acceptors (Lipinski definition) is 7. The minimum Gasteiger partial charge on any atom is -0.497 e. The first kappa shape index (κ1) is 32.4. The van der Waals surface area contributed by atoms with Crippen molar-refractivity contribution in [1.82, 2.24) is 15.0 Å².